The van der Waals surface area contributed by atoms with Crippen molar-refractivity contribution >= 4 is 23.1 Å². The SMILES string of the molecule is CC1=C=CNc2c(n(-c3ccc(Oc4ccc(O)cc4)cc3)c(=O)n2-c2cccc(N(C)C(=O)/C=C/C[N+](C)([O-])C3CC3)c2)C1=N. The summed E-state index contributed by atoms with van der Waals surface area (Å²) in [5.41, 5.74) is 5.19. The van der Waals surface area contributed by atoms with Crippen LogP contribution in [0.15, 0.2) is 107 Å². The van der Waals surface area contributed by atoms with E-state index >= 15 is 0 Å². The fourth-order valence-electron chi connectivity index (χ4n) is 5.33. The fraction of sp³-hybridized carbons (Fsp3) is 0.200. The number of allylic oxidation sites excluding steroid dienone is 1. The number of imidazole rings is 1. The number of amides is 1. The van der Waals surface area contributed by atoms with E-state index in [0.717, 1.165) is 12.8 Å². The molecule has 1 atom stereocenters. The minimum atomic E-state index is -0.420. The molecule has 1 aliphatic heterocycles. The number of likely N-dealkylation sites (N-methyl/N-ethyl adjacent to an activating group) is 2. The van der Waals surface area contributed by atoms with Gasteiger partial charge in [0.05, 0.1) is 36.7 Å². The van der Waals surface area contributed by atoms with Crippen LogP contribution in [0.3, 0.4) is 0 Å². The summed E-state index contributed by atoms with van der Waals surface area (Å²) in [6, 6.07) is 20.4. The molecule has 1 aliphatic carbocycles. The molecular weight excluding hydrogens is 584 g/mol. The quantitative estimate of drug-likeness (QED) is 0.0967. The number of rotatable bonds is 9. The first-order chi connectivity index (χ1) is 22.0. The number of nitrogens with zero attached hydrogens (tertiary/aromatic N) is 4. The monoisotopic (exact) mass is 618 g/mol. The maximum absolute atomic E-state index is 14.2. The van der Waals surface area contributed by atoms with Crippen molar-refractivity contribution < 1.29 is 19.3 Å². The van der Waals surface area contributed by atoms with Gasteiger partial charge < -0.3 is 29.9 Å². The molecule has 1 unspecified atom stereocenters. The van der Waals surface area contributed by atoms with Gasteiger partial charge in [-0.15, -0.1) is 0 Å². The van der Waals surface area contributed by atoms with Gasteiger partial charge in [-0.2, -0.15) is 0 Å². The lowest BCUT2D eigenvalue weighted by Crippen LogP contribution is -2.40. The molecule has 1 aromatic heterocycles. The zero-order valence-corrected chi connectivity index (χ0v) is 25.7. The number of anilines is 2. The van der Waals surface area contributed by atoms with Crippen molar-refractivity contribution in [2.45, 2.75) is 25.8 Å². The second-order valence-electron chi connectivity index (χ2n) is 11.6. The Morgan fingerprint density at radius 3 is 2.46 bits per heavy atom. The number of hydrogen-bond donors (Lipinski definition) is 3. The Bertz CT molecular complexity index is 1970. The Labute approximate surface area is 265 Å². The van der Waals surface area contributed by atoms with E-state index < -0.39 is 5.69 Å². The van der Waals surface area contributed by atoms with E-state index in [2.05, 4.69) is 11.0 Å². The molecule has 6 rings (SSSR count). The lowest BCUT2D eigenvalue weighted by molar-refractivity contribution is -0.865. The molecule has 1 fully saturated rings. The molecule has 0 spiro atoms. The van der Waals surface area contributed by atoms with Crippen LogP contribution in [0.25, 0.3) is 11.4 Å². The molecule has 3 aromatic carbocycles. The number of hydrogen-bond acceptors (Lipinski definition) is 7. The van der Waals surface area contributed by atoms with Crippen LogP contribution in [0.5, 0.6) is 17.2 Å². The molecule has 11 heteroatoms. The number of aromatic nitrogens is 2. The van der Waals surface area contributed by atoms with Crippen LogP contribution in [-0.2, 0) is 4.79 Å². The van der Waals surface area contributed by atoms with E-state index in [0.29, 0.717) is 45.6 Å². The van der Waals surface area contributed by atoms with Crippen molar-refractivity contribution in [3.05, 3.63) is 124 Å². The van der Waals surface area contributed by atoms with Crippen molar-refractivity contribution in [1.82, 2.24) is 9.13 Å². The van der Waals surface area contributed by atoms with Crippen LogP contribution < -0.4 is 20.6 Å². The van der Waals surface area contributed by atoms with Gasteiger partial charge in [-0.1, -0.05) is 11.8 Å². The van der Waals surface area contributed by atoms with Gasteiger partial charge in [0, 0.05) is 43.4 Å². The fourth-order valence-corrected chi connectivity index (χ4v) is 5.33. The highest BCUT2D eigenvalue weighted by molar-refractivity contribution is 6.13. The summed E-state index contributed by atoms with van der Waals surface area (Å²) in [7, 11) is 3.27. The summed E-state index contributed by atoms with van der Waals surface area (Å²) in [6.07, 6.45) is 6.43. The number of benzene rings is 3. The van der Waals surface area contributed by atoms with E-state index in [1.165, 1.54) is 32.2 Å². The maximum atomic E-state index is 14.2. The van der Waals surface area contributed by atoms with Gasteiger partial charge in [0.25, 0.3) is 5.91 Å². The summed E-state index contributed by atoms with van der Waals surface area (Å²) in [6.45, 7) is 1.98. The minimum absolute atomic E-state index is 0.107. The van der Waals surface area contributed by atoms with Gasteiger partial charge in [0.1, 0.15) is 28.8 Å². The number of fused-ring (bicyclic) bond motifs is 1. The van der Waals surface area contributed by atoms with E-state index in [1.54, 1.807) is 94.0 Å². The number of aromatic hydroxyl groups is 1. The van der Waals surface area contributed by atoms with Gasteiger partial charge >= 0.3 is 5.69 Å². The largest absolute Gasteiger partial charge is 0.633 e. The molecule has 0 radical (unpaired) electrons. The summed E-state index contributed by atoms with van der Waals surface area (Å²) in [5.74, 6) is 1.28. The zero-order chi connectivity index (χ0) is 32.6. The smallest absolute Gasteiger partial charge is 0.339 e. The number of phenolic OH excluding ortho intramolecular Hbond substituents is 1. The van der Waals surface area contributed by atoms with Gasteiger partial charge in [0.2, 0.25) is 0 Å². The van der Waals surface area contributed by atoms with E-state index in [1.807, 2.05) is 0 Å². The van der Waals surface area contributed by atoms with Gasteiger partial charge in [-0.3, -0.25) is 14.8 Å². The molecular formula is C35H34N6O5. The van der Waals surface area contributed by atoms with Gasteiger partial charge in [-0.05, 0) is 79.7 Å². The van der Waals surface area contributed by atoms with Gasteiger partial charge in [0.15, 0.2) is 0 Å². The van der Waals surface area contributed by atoms with E-state index in [9.17, 15) is 19.9 Å². The number of carbonyl (C=O) groups is 1. The van der Waals surface area contributed by atoms with Gasteiger partial charge in [-0.25, -0.2) is 9.36 Å². The first kappa shape index (κ1) is 30.4. The molecule has 2 heterocycles. The topological polar surface area (TPSA) is 136 Å². The standard InChI is InChI=1S/C35H34N6O5/c1-23-19-20-37-34-33(32(23)36)39(24-9-15-29(16-10-24)46-30-17-13-28(42)14-18-30)35(44)40(34)26-7-4-6-25(22-26)38(2)31(43)8-5-21-41(3,45)27-11-12-27/h4-10,13-18,20,22,27,36-37,42H,11-12,21H2,1-3H3/b8-5+,36-32?. The Balaban J connectivity index is 1.34. The van der Waals surface area contributed by atoms with E-state index in [-0.39, 0.29) is 34.6 Å². The van der Waals surface area contributed by atoms with Crippen molar-refractivity contribution in [1.29, 1.82) is 5.41 Å². The lowest BCUT2D eigenvalue weighted by atomic mass is 10.1. The predicted molar refractivity (Wildman–Crippen MR) is 177 cm³/mol. The third kappa shape index (κ3) is 6.02. The molecule has 1 amide bonds. The van der Waals surface area contributed by atoms with Crippen molar-refractivity contribution in [2.24, 2.45) is 0 Å². The molecule has 0 bridgehead atoms. The van der Waals surface area contributed by atoms with Crippen LogP contribution in [0, 0.1) is 10.6 Å². The van der Waals surface area contributed by atoms with Crippen molar-refractivity contribution in [3.63, 3.8) is 0 Å². The third-order valence-electron chi connectivity index (χ3n) is 8.18. The molecule has 2 aliphatic rings. The first-order valence-corrected chi connectivity index (χ1v) is 14.9. The number of phenols is 1. The second-order valence-corrected chi connectivity index (χ2v) is 11.6. The average Bonchev–Trinajstić information content (AvgIpc) is 3.88. The highest BCUT2D eigenvalue weighted by Gasteiger charge is 2.34. The number of hydroxylamine groups is 3. The van der Waals surface area contributed by atoms with E-state index in [4.69, 9.17) is 10.1 Å². The molecule has 3 N–H and O–H groups in total. The summed E-state index contributed by atoms with van der Waals surface area (Å²) < 4.78 is 8.42. The molecule has 234 valence electrons. The number of nitrogens with one attached hydrogen (secondary N) is 2. The van der Waals surface area contributed by atoms with Crippen LogP contribution in [0.4, 0.5) is 11.5 Å². The van der Waals surface area contributed by atoms with Crippen LogP contribution in [0.1, 0.15) is 25.5 Å². The summed E-state index contributed by atoms with van der Waals surface area (Å²) in [5, 5.41) is 34.2. The third-order valence-corrected chi connectivity index (χ3v) is 8.18. The Morgan fingerprint density at radius 1 is 1.11 bits per heavy atom. The second kappa shape index (κ2) is 12.1. The highest BCUT2D eigenvalue weighted by Crippen LogP contribution is 2.32. The maximum Gasteiger partial charge on any atom is 0.339 e. The molecule has 4 aromatic rings. The van der Waals surface area contributed by atoms with Crippen molar-refractivity contribution in [2.75, 3.05) is 30.9 Å². The van der Waals surface area contributed by atoms with Crippen LogP contribution in [-0.4, -0.2) is 57.2 Å². The first-order valence-electron chi connectivity index (χ1n) is 14.9. The number of ether oxygens (including phenoxy) is 1. The average molecular weight is 619 g/mol. The predicted octanol–water partition coefficient (Wildman–Crippen LogP) is 5.60. The molecule has 11 nitrogen and oxygen atoms in total. The molecule has 0 saturated heterocycles. The highest BCUT2D eigenvalue weighted by atomic mass is 16.5. The Morgan fingerprint density at radius 2 is 1.78 bits per heavy atom. The van der Waals surface area contributed by atoms with Crippen LogP contribution >= 0.6 is 0 Å². The Hall–Kier alpha value is -5.61. The number of carbonyl (C=O) groups excluding carboxylic acids is 1. The molecule has 46 heavy (non-hydrogen) atoms. The lowest BCUT2D eigenvalue weighted by Gasteiger charge is -2.38. The summed E-state index contributed by atoms with van der Waals surface area (Å²) >= 11 is 0. The Kier molecular flexibility index (Phi) is 7.97. The molecule has 1 saturated carbocycles. The minimum Gasteiger partial charge on any atom is -0.633 e. The summed E-state index contributed by atoms with van der Waals surface area (Å²) in [4.78, 5) is 28.7. The normalized spacial score (nSPS) is 15.5. The zero-order valence-electron chi connectivity index (χ0n) is 25.7. The van der Waals surface area contributed by atoms with Crippen molar-refractivity contribution in [3.8, 4) is 28.6 Å². The van der Waals surface area contributed by atoms with Crippen LogP contribution in [0.2, 0.25) is 0 Å². The number of quaternary nitrogens is 1.